The van der Waals surface area contributed by atoms with Crippen LogP contribution >= 0.6 is 11.6 Å². The summed E-state index contributed by atoms with van der Waals surface area (Å²) in [6.45, 7) is 4.11. The van der Waals surface area contributed by atoms with Crippen molar-refractivity contribution in [3.8, 4) is 0 Å². The lowest BCUT2D eigenvalue weighted by Gasteiger charge is -2.21. The van der Waals surface area contributed by atoms with Gasteiger partial charge in [-0.2, -0.15) is 0 Å². The molecule has 0 heterocycles. The molecule has 1 saturated carbocycles. The summed E-state index contributed by atoms with van der Waals surface area (Å²) < 4.78 is 0. The van der Waals surface area contributed by atoms with E-state index in [1.54, 1.807) is 18.2 Å². The quantitative estimate of drug-likeness (QED) is 0.722. The average molecular weight is 310 g/mol. The number of amides is 1. The zero-order valence-electron chi connectivity index (χ0n) is 12.6. The molecule has 0 aromatic heterocycles. The number of nitrogens with zero attached hydrogens (tertiary/aromatic N) is 1. The van der Waals surface area contributed by atoms with E-state index in [9.17, 15) is 4.79 Å². The summed E-state index contributed by atoms with van der Waals surface area (Å²) >= 11 is 6.06. The van der Waals surface area contributed by atoms with E-state index in [0.29, 0.717) is 28.9 Å². The normalized spacial score (nSPS) is 14.4. The Morgan fingerprint density at radius 1 is 1.43 bits per heavy atom. The maximum Gasteiger partial charge on any atom is 0.225 e. The first-order valence-electron chi connectivity index (χ1n) is 7.69. The predicted octanol–water partition coefficient (Wildman–Crippen LogP) is 3.52. The topological polar surface area (TPSA) is 58.4 Å². The second-order valence-corrected chi connectivity index (χ2v) is 6.07. The van der Waals surface area contributed by atoms with Crippen molar-refractivity contribution >= 4 is 28.9 Å². The van der Waals surface area contributed by atoms with Gasteiger partial charge in [-0.3, -0.25) is 9.69 Å². The number of halogens is 1. The van der Waals surface area contributed by atoms with Gasteiger partial charge in [0.15, 0.2) is 0 Å². The molecule has 1 aliphatic rings. The Morgan fingerprint density at radius 3 is 2.81 bits per heavy atom. The Labute approximate surface area is 131 Å². The number of nitrogens with two attached hydrogens (primary N) is 1. The first-order chi connectivity index (χ1) is 10.1. The molecular weight excluding hydrogens is 286 g/mol. The third-order valence-corrected chi connectivity index (χ3v) is 4.07. The van der Waals surface area contributed by atoms with E-state index in [-0.39, 0.29) is 5.91 Å². The second kappa shape index (κ2) is 7.66. The Balaban J connectivity index is 1.80. The van der Waals surface area contributed by atoms with E-state index in [2.05, 4.69) is 17.1 Å². The molecule has 0 saturated heterocycles. The predicted molar refractivity (Wildman–Crippen MR) is 88.6 cm³/mol. The summed E-state index contributed by atoms with van der Waals surface area (Å²) in [7, 11) is 0. The maximum absolute atomic E-state index is 12.0. The van der Waals surface area contributed by atoms with Gasteiger partial charge >= 0.3 is 0 Å². The summed E-state index contributed by atoms with van der Waals surface area (Å²) in [4.78, 5) is 14.5. The average Bonchev–Trinajstić information content (AvgIpc) is 3.27. The smallest absolute Gasteiger partial charge is 0.225 e. The van der Waals surface area contributed by atoms with E-state index < -0.39 is 0 Å². The molecule has 4 nitrogen and oxygen atoms in total. The number of hydrogen-bond acceptors (Lipinski definition) is 3. The lowest BCUT2D eigenvalue weighted by atomic mass is 10.2. The molecule has 0 aliphatic heterocycles. The van der Waals surface area contributed by atoms with Crippen LogP contribution in [-0.2, 0) is 4.79 Å². The van der Waals surface area contributed by atoms with Gasteiger partial charge in [0.25, 0.3) is 0 Å². The molecule has 0 atom stereocenters. The minimum absolute atomic E-state index is 0.00354. The highest BCUT2D eigenvalue weighted by Crippen LogP contribution is 2.27. The van der Waals surface area contributed by atoms with Gasteiger partial charge in [-0.15, -0.1) is 0 Å². The number of nitrogen functional groups attached to an aromatic ring is 1. The van der Waals surface area contributed by atoms with Gasteiger partial charge in [0.1, 0.15) is 0 Å². The summed E-state index contributed by atoms with van der Waals surface area (Å²) in [5, 5.41) is 3.34. The van der Waals surface area contributed by atoms with E-state index in [1.165, 1.54) is 25.7 Å². The SMILES string of the molecule is CCCCN(CCC(=O)Nc1ccc(N)cc1Cl)C1CC1. The van der Waals surface area contributed by atoms with Crippen LogP contribution in [0.5, 0.6) is 0 Å². The molecule has 0 bridgehead atoms. The number of unbranched alkanes of at least 4 members (excludes halogenated alkanes) is 1. The van der Waals surface area contributed by atoms with Crippen LogP contribution in [0.4, 0.5) is 11.4 Å². The molecule has 1 amide bonds. The van der Waals surface area contributed by atoms with Gasteiger partial charge in [-0.05, 0) is 44.0 Å². The number of hydrogen-bond donors (Lipinski definition) is 2. The third-order valence-electron chi connectivity index (χ3n) is 3.76. The molecular formula is C16H24ClN3O. The van der Waals surface area contributed by atoms with Gasteiger partial charge in [-0.25, -0.2) is 0 Å². The summed E-state index contributed by atoms with van der Waals surface area (Å²) in [5.41, 5.74) is 6.86. The van der Waals surface area contributed by atoms with Crippen LogP contribution in [0.15, 0.2) is 18.2 Å². The lowest BCUT2D eigenvalue weighted by Crippen LogP contribution is -2.30. The minimum atomic E-state index is 0.00354. The molecule has 1 aromatic rings. The fourth-order valence-electron chi connectivity index (χ4n) is 2.37. The van der Waals surface area contributed by atoms with Crippen LogP contribution in [0.25, 0.3) is 0 Å². The summed E-state index contributed by atoms with van der Waals surface area (Å²) in [6, 6.07) is 5.82. The summed E-state index contributed by atoms with van der Waals surface area (Å²) in [6.07, 6.45) is 5.43. The molecule has 1 aliphatic carbocycles. The van der Waals surface area contributed by atoms with E-state index in [0.717, 1.165) is 13.1 Å². The molecule has 5 heteroatoms. The maximum atomic E-state index is 12.0. The van der Waals surface area contributed by atoms with Gasteiger partial charge in [0.05, 0.1) is 10.7 Å². The Bertz CT molecular complexity index is 488. The largest absolute Gasteiger partial charge is 0.399 e. The van der Waals surface area contributed by atoms with Crippen LogP contribution in [0.3, 0.4) is 0 Å². The minimum Gasteiger partial charge on any atom is -0.399 e. The Hall–Kier alpha value is -1.26. The third kappa shape index (κ3) is 5.21. The number of rotatable bonds is 8. The standard InChI is InChI=1S/C16H24ClN3O/c1-2-3-9-20(13-5-6-13)10-8-16(21)19-15-7-4-12(18)11-14(15)17/h4,7,11,13H,2-3,5-6,8-10,18H2,1H3,(H,19,21). The fourth-order valence-corrected chi connectivity index (χ4v) is 2.60. The van der Waals surface area contributed by atoms with Crippen molar-refractivity contribution in [2.45, 2.75) is 45.1 Å². The number of anilines is 2. The molecule has 0 radical (unpaired) electrons. The van der Waals surface area contributed by atoms with Crippen molar-refractivity contribution in [1.82, 2.24) is 4.90 Å². The van der Waals surface area contributed by atoms with Gasteiger partial charge < -0.3 is 11.1 Å². The van der Waals surface area contributed by atoms with Crippen LogP contribution in [0.1, 0.15) is 39.0 Å². The highest BCUT2D eigenvalue weighted by atomic mass is 35.5. The molecule has 116 valence electrons. The van der Waals surface area contributed by atoms with E-state index >= 15 is 0 Å². The Kier molecular flexibility index (Phi) is 5.88. The molecule has 1 aromatic carbocycles. The molecule has 21 heavy (non-hydrogen) atoms. The van der Waals surface area contributed by atoms with Gasteiger partial charge in [-0.1, -0.05) is 24.9 Å². The van der Waals surface area contributed by atoms with Crippen molar-refractivity contribution in [3.63, 3.8) is 0 Å². The van der Waals surface area contributed by atoms with Crippen molar-refractivity contribution in [3.05, 3.63) is 23.2 Å². The van der Waals surface area contributed by atoms with Crippen LogP contribution in [0.2, 0.25) is 5.02 Å². The van der Waals surface area contributed by atoms with Crippen molar-refractivity contribution in [2.24, 2.45) is 0 Å². The van der Waals surface area contributed by atoms with E-state index in [1.807, 2.05) is 0 Å². The van der Waals surface area contributed by atoms with Crippen molar-refractivity contribution < 1.29 is 4.79 Å². The number of nitrogens with one attached hydrogen (secondary N) is 1. The summed E-state index contributed by atoms with van der Waals surface area (Å²) in [5.74, 6) is 0.00354. The van der Waals surface area contributed by atoms with Gasteiger partial charge in [0, 0.05) is 24.7 Å². The molecule has 0 unspecified atom stereocenters. The molecule has 3 N–H and O–H groups in total. The van der Waals surface area contributed by atoms with Crippen LogP contribution < -0.4 is 11.1 Å². The highest BCUT2D eigenvalue weighted by Gasteiger charge is 2.28. The number of benzene rings is 1. The van der Waals surface area contributed by atoms with Crippen LogP contribution in [0, 0.1) is 0 Å². The first-order valence-corrected chi connectivity index (χ1v) is 8.07. The number of carbonyl (C=O) groups excluding carboxylic acids is 1. The van der Waals surface area contributed by atoms with Crippen LogP contribution in [-0.4, -0.2) is 29.9 Å². The second-order valence-electron chi connectivity index (χ2n) is 5.66. The molecule has 2 rings (SSSR count). The van der Waals surface area contributed by atoms with Crippen molar-refractivity contribution in [1.29, 1.82) is 0 Å². The highest BCUT2D eigenvalue weighted by molar-refractivity contribution is 6.34. The molecule has 1 fully saturated rings. The monoisotopic (exact) mass is 309 g/mol. The Morgan fingerprint density at radius 2 is 2.19 bits per heavy atom. The number of carbonyl (C=O) groups is 1. The van der Waals surface area contributed by atoms with Crippen molar-refractivity contribution in [2.75, 3.05) is 24.1 Å². The lowest BCUT2D eigenvalue weighted by molar-refractivity contribution is -0.116. The molecule has 0 spiro atoms. The first kappa shape index (κ1) is 16.1. The zero-order chi connectivity index (χ0) is 15.2. The zero-order valence-corrected chi connectivity index (χ0v) is 13.3. The van der Waals surface area contributed by atoms with Gasteiger partial charge in [0.2, 0.25) is 5.91 Å². The fraction of sp³-hybridized carbons (Fsp3) is 0.562. The van der Waals surface area contributed by atoms with E-state index in [4.69, 9.17) is 17.3 Å².